The average molecular weight is 261 g/mol. The Bertz CT molecular complexity index is 501. The fourth-order valence-electron chi connectivity index (χ4n) is 1.52. The largest absolute Gasteiger partial charge is 0.485 e. The van der Waals surface area contributed by atoms with Gasteiger partial charge < -0.3 is 10.1 Å². The third-order valence-corrected chi connectivity index (χ3v) is 3.20. The van der Waals surface area contributed by atoms with Crippen LogP contribution in [0.25, 0.3) is 10.2 Å². The van der Waals surface area contributed by atoms with Crippen molar-refractivity contribution in [3.8, 4) is 5.75 Å². The Hall–Kier alpha value is -0.910. The molecular formula is C10H10ClFN2OS. The highest BCUT2D eigenvalue weighted by Crippen LogP contribution is 2.29. The molecule has 3 nitrogen and oxygen atoms in total. The molecule has 6 heteroatoms. The average Bonchev–Trinajstić information content (AvgIpc) is 2.52. The summed E-state index contributed by atoms with van der Waals surface area (Å²) >= 11 is 1.05. The minimum Gasteiger partial charge on any atom is -0.485 e. The van der Waals surface area contributed by atoms with E-state index >= 15 is 0 Å². The Kier molecular flexibility index (Phi) is 3.28. The molecule has 0 bridgehead atoms. The third kappa shape index (κ3) is 1.98. The number of halogens is 2. The van der Waals surface area contributed by atoms with Crippen molar-refractivity contribution in [1.82, 2.24) is 10.3 Å². The van der Waals surface area contributed by atoms with Gasteiger partial charge in [-0.1, -0.05) is 17.4 Å². The first-order chi connectivity index (χ1) is 7.33. The molecule has 1 saturated heterocycles. The summed E-state index contributed by atoms with van der Waals surface area (Å²) in [6.07, 6.45) is 0.195. The number of nitrogens with one attached hydrogen (secondary N) is 1. The van der Waals surface area contributed by atoms with Crippen molar-refractivity contribution in [1.29, 1.82) is 0 Å². The van der Waals surface area contributed by atoms with E-state index in [4.69, 9.17) is 4.74 Å². The van der Waals surface area contributed by atoms with Crippen LogP contribution in [0, 0.1) is 5.26 Å². The van der Waals surface area contributed by atoms with Crippen LogP contribution in [-0.4, -0.2) is 24.2 Å². The Morgan fingerprint density at radius 3 is 2.94 bits per heavy atom. The van der Waals surface area contributed by atoms with E-state index < -0.39 is 5.26 Å². The summed E-state index contributed by atoms with van der Waals surface area (Å²) in [7, 11) is 0. The number of benzene rings is 1. The van der Waals surface area contributed by atoms with Crippen LogP contribution < -0.4 is 10.1 Å². The number of hydrogen-bond donors (Lipinski definition) is 1. The lowest BCUT2D eigenvalue weighted by Gasteiger charge is -2.27. The van der Waals surface area contributed by atoms with Gasteiger partial charge in [-0.2, -0.15) is 4.39 Å². The van der Waals surface area contributed by atoms with Crippen LogP contribution in [0.1, 0.15) is 0 Å². The minimum absolute atomic E-state index is 0. The molecule has 1 aromatic carbocycles. The maximum Gasteiger partial charge on any atom is 0.270 e. The number of thiazole rings is 1. The first-order valence-electron chi connectivity index (χ1n) is 4.75. The van der Waals surface area contributed by atoms with Gasteiger partial charge in [-0.15, -0.1) is 12.4 Å². The van der Waals surface area contributed by atoms with E-state index in [0.717, 1.165) is 29.1 Å². The number of aromatic nitrogens is 1. The quantitative estimate of drug-likeness (QED) is 0.899. The second-order valence-electron chi connectivity index (χ2n) is 3.47. The second-order valence-corrected chi connectivity index (χ2v) is 4.45. The Balaban J connectivity index is 0.000000963. The normalized spacial score (nSPS) is 15.6. The van der Waals surface area contributed by atoms with E-state index in [-0.39, 0.29) is 18.5 Å². The lowest BCUT2D eigenvalue weighted by atomic mass is 10.2. The first kappa shape index (κ1) is 11.6. The van der Waals surface area contributed by atoms with Crippen molar-refractivity contribution in [2.24, 2.45) is 0 Å². The molecule has 0 saturated carbocycles. The summed E-state index contributed by atoms with van der Waals surface area (Å²) in [5.74, 6) is 0.680. The van der Waals surface area contributed by atoms with Crippen molar-refractivity contribution in [2.75, 3.05) is 13.1 Å². The molecular weight excluding hydrogens is 251 g/mol. The number of rotatable bonds is 2. The van der Waals surface area contributed by atoms with Gasteiger partial charge in [0.1, 0.15) is 17.4 Å². The maximum absolute atomic E-state index is 13.0. The fraction of sp³-hybridized carbons (Fsp3) is 0.300. The van der Waals surface area contributed by atoms with Crippen LogP contribution in [0.4, 0.5) is 4.39 Å². The van der Waals surface area contributed by atoms with Crippen LogP contribution in [0.15, 0.2) is 18.2 Å². The number of nitrogens with zero attached hydrogens (tertiary/aromatic N) is 1. The van der Waals surface area contributed by atoms with E-state index in [1.165, 1.54) is 0 Å². The highest BCUT2D eigenvalue weighted by atomic mass is 35.5. The molecule has 1 aromatic heterocycles. The topological polar surface area (TPSA) is 34.1 Å². The molecule has 1 N–H and O–H groups in total. The molecule has 1 aliphatic rings. The molecule has 0 radical (unpaired) electrons. The number of ether oxygens (including phenoxy) is 1. The summed E-state index contributed by atoms with van der Waals surface area (Å²) in [5, 5.41) is 2.71. The standard InChI is InChI=1S/C10H9FN2OS.ClH/c11-10-13-9-7(14-6-4-12-5-6)2-1-3-8(9)15-10;/h1-3,6,12H,4-5H2;1H. The predicted octanol–water partition coefficient (Wildman–Crippen LogP) is 2.21. The summed E-state index contributed by atoms with van der Waals surface area (Å²) in [5.41, 5.74) is 0.631. The van der Waals surface area contributed by atoms with E-state index in [1.54, 1.807) is 0 Å². The molecule has 2 aromatic rings. The smallest absolute Gasteiger partial charge is 0.270 e. The van der Waals surface area contributed by atoms with Gasteiger partial charge >= 0.3 is 0 Å². The van der Waals surface area contributed by atoms with Gasteiger partial charge in [0.25, 0.3) is 5.26 Å². The van der Waals surface area contributed by atoms with Crippen molar-refractivity contribution in [2.45, 2.75) is 6.10 Å². The Labute approximate surface area is 102 Å². The van der Waals surface area contributed by atoms with Crippen molar-refractivity contribution >= 4 is 34.0 Å². The molecule has 3 rings (SSSR count). The van der Waals surface area contributed by atoms with Gasteiger partial charge in [0.15, 0.2) is 0 Å². The predicted molar refractivity (Wildman–Crippen MR) is 64.1 cm³/mol. The first-order valence-corrected chi connectivity index (χ1v) is 5.57. The van der Waals surface area contributed by atoms with Gasteiger partial charge in [0.05, 0.1) is 4.70 Å². The van der Waals surface area contributed by atoms with E-state index in [9.17, 15) is 4.39 Å². The number of hydrogen-bond acceptors (Lipinski definition) is 4. The van der Waals surface area contributed by atoms with E-state index in [2.05, 4.69) is 10.3 Å². The molecule has 0 aliphatic carbocycles. The van der Waals surface area contributed by atoms with Crippen molar-refractivity contribution in [3.63, 3.8) is 0 Å². The highest BCUT2D eigenvalue weighted by molar-refractivity contribution is 7.17. The van der Waals surface area contributed by atoms with Gasteiger partial charge in [0.2, 0.25) is 0 Å². The lowest BCUT2D eigenvalue weighted by molar-refractivity contribution is 0.144. The highest BCUT2D eigenvalue weighted by Gasteiger charge is 2.20. The van der Waals surface area contributed by atoms with E-state index in [0.29, 0.717) is 11.3 Å². The molecule has 0 amide bonds. The molecule has 1 fully saturated rings. The second kappa shape index (κ2) is 4.53. The summed E-state index contributed by atoms with van der Waals surface area (Å²) < 4.78 is 19.5. The van der Waals surface area contributed by atoms with Gasteiger partial charge in [0, 0.05) is 13.1 Å². The van der Waals surface area contributed by atoms with Gasteiger partial charge in [-0.25, -0.2) is 4.98 Å². The van der Waals surface area contributed by atoms with Crippen molar-refractivity contribution in [3.05, 3.63) is 23.5 Å². The Morgan fingerprint density at radius 1 is 1.44 bits per heavy atom. The number of para-hydroxylation sites is 1. The summed E-state index contributed by atoms with van der Waals surface area (Å²) in [6, 6.07) is 5.54. The molecule has 0 atom stereocenters. The minimum atomic E-state index is -0.409. The zero-order valence-corrected chi connectivity index (χ0v) is 9.91. The molecule has 86 valence electrons. The SMILES string of the molecule is Cl.Fc1nc2c(OC3CNC3)cccc2s1. The molecule has 0 spiro atoms. The van der Waals surface area contributed by atoms with Crippen LogP contribution in [0.3, 0.4) is 0 Å². The summed E-state index contributed by atoms with van der Waals surface area (Å²) in [6.45, 7) is 1.70. The number of fused-ring (bicyclic) bond motifs is 1. The van der Waals surface area contributed by atoms with Gasteiger partial charge in [-0.3, -0.25) is 0 Å². The molecule has 16 heavy (non-hydrogen) atoms. The van der Waals surface area contributed by atoms with Crippen LogP contribution in [-0.2, 0) is 0 Å². The zero-order valence-electron chi connectivity index (χ0n) is 8.27. The molecule has 2 heterocycles. The lowest BCUT2D eigenvalue weighted by Crippen LogP contribution is -2.50. The Morgan fingerprint density at radius 2 is 2.25 bits per heavy atom. The molecule has 0 unspecified atom stereocenters. The fourth-order valence-corrected chi connectivity index (χ4v) is 2.22. The van der Waals surface area contributed by atoms with Crippen LogP contribution >= 0.6 is 23.7 Å². The summed E-state index contributed by atoms with van der Waals surface area (Å²) in [4.78, 5) is 3.83. The van der Waals surface area contributed by atoms with Crippen LogP contribution in [0.2, 0.25) is 0 Å². The van der Waals surface area contributed by atoms with Crippen LogP contribution in [0.5, 0.6) is 5.75 Å². The van der Waals surface area contributed by atoms with E-state index in [1.807, 2.05) is 18.2 Å². The zero-order chi connectivity index (χ0) is 10.3. The third-order valence-electron chi connectivity index (χ3n) is 2.39. The monoisotopic (exact) mass is 260 g/mol. The van der Waals surface area contributed by atoms with Gasteiger partial charge in [-0.05, 0) is 12.1 Å². The molecule has 1 aliphatic heterocycles. The maximum atomic E-state index is 13.0. The van der Waals surface area contributed by atoms with Crippen molar-refractivity contribution < 1.29 is 9.13 Å².